The average molecular weight is 236 g/mol. The third kappa shape index (κ3) is 2.54. The smallest absolute Gasteiger partial charge is 0.126 e. The van der Waals surface area contributed by atoms with Crippen molar-refractivity contribution in [3.8, 4) is 6.07 Å². The summed E-state index contributed by atoms with van der Waals surface area (Å²) in [6.45, 7) is 1.47. The van der Waals surface area contributed by atoms with Gasteiger partial charge in [-0.25, -0.2) is 4.39 Å². The Labute approximate surface area is 98.8 Å². The maximum absolute atomic E-state index is 13.3. The summed E-state index contributed by atoms with van der Waals surface area (Å²) in [7, 11) is 0. The third-order valence-corrected chi connectivity index (χ3v) is 2.78. The Balaban J connectivity index is 2.31. The number of aliphatic hydroxyl groups is 1. The van der Waals surface area contributed by atoms with E-state index < -0.39 is 5.82 Å². The van der Waals surface area contributed by atoms with Crippen LogP contribution in [-0.2, 0) is 4.74 Å². The lowest BCUT2D eigenvalue weighted by atomic mass is 10.1. The van der Waals surface area contributed by atoms with Gasteiger partial charge >= 0.3 is 0 Å². The largest absolute Gasteiger partial charge is 0.394 e. The molecule has 0 amide bonds. The van der Waals surface area contributed by atoms with Crippen molar-refractivity contribution in [3.63, 3.8) is 0 Å². The van der Waals surface area contributed by atoms with Crippen molar-refractivity contribution in [2.24, 2.45) is 0 Å². The minimum absolute atomic E-state index is 0.0571. The number of nitriles is 1. The van der Waals surface area contributed by atoms with E-state index in [1.807, 2.05) is 11.0 Å². The van der Waals surface area contributed by atoms with Gasteiger partial charge in [0.15, 0.2) is 0 Å². The van der Waals surface area contributed by atoms with E-state index in [1.165, 1.54) is 12.1 Å². The highest BCUT2D eigenvalue weighted by molar-refractivity contribution is 5.53. The molecule has 1 aromatic rings. The maximum atomic E-state index is 13.3. The molecule has 5 heteroatoms. The van der Waals surface area contributed by atoms with E-state index >= 15 is 0 Å². The highest BCUT2D eigenvalue weighted by Gasteiger charge is 2.23. The second-order valence-electron chi connectivity index (χ2n) is 3.91. The van der Waals surface area contributed by atoms with Crippen LogP contribution in [0.5, 0.6) is 0 Å². The van der Waals surface area contributed by atoms with Gasteiger partial charge in [-0.3, -0.25) is 0 Å². The van der Waals surface area contributed by atoms with Crippen LogP contribution in [-0.4, -0.2) is 37.5 Å². The van der Waals surface area contributed by atoms with Crippen molar-refractivity contribution >= 4 is 5.69 Å². The molecule has 0 bridgehead atoms. The molecule has 1 aliphatic rings. The number of aliphatic hydroxyl groups excluding tert-OH is 1. The highest BCUT2D eigenvalue weighted by Crippen LogP contribution is 2.22. The molecule has 1 heterocycles. The number of nitrogens with zero attached hydrogens (tertiary/aromatic N) is 2. The SMILES string of the molecule is N#Cc1cc(F)cc(N2CCOCC2CO)c1. The first-order valence-electron chi connectivity index (χ1n) is 5.40. The monoisotopic (exact) mass is 236 g/mol. The van der Waals surface area contributed by atoms with E-state index in [0.717, 1.165) is 0 Å². The molecule has 0 spiro atoms. The van der Waals surface area contributed by atoms with Crippen LogP contribution < -0.4 is 4.90 Å². The van der Waals surface area contributed by atoms with Crippen molar-refractivity contribution in [3.05, 3.63) is 29.6 Å². The molecule has 1 fully saturated rings. The van der Waals surface area contributed by atoms with Crippen LogP contribution in [0.3, 0.4) is 0 Å². The van der Waals surface area contributed by atoms with Gasteiger partial charge in [-0.2, -0.15) is 5.26 Å². The van der Waals surface area contributed by atoms with Gasteiger partial charge in [0, 0.05) is 12.2 Å². The second kappa shape index (κ2) is 5.13. The summed E-state index contributed by atoms with van der Waals surface area (Å²) < 4.78 is 18.6. The topological polar surface area (TPSA) is 56.5 Å². The molecular weight excluding hydrogens is 223 g/mol. The van der Waals surface area contributed by atoms with Gasteiger partial charge in [-0.05, 0) is 18.2 Å². The molecule has 1 N–H and O–H groups in total. The van der Waals surface area contributed by atoms with E-state index in [0.29, 0.717) is 25.4 Å². The summed E-state index contributed by atoms with van der Waals surface area (Å²) in [6.07, 6.45) is 0. The van der Waals surface area contributed by atoms with Crippen LogP contribution in [0.4, 0.5) is 10.1 Å². The summed E-state index contributed by atoms with van der Waals surface area (Å²) >= 11 is 0. The molecule has 90 valence electrons. The van der Waals surface area contributed by atoms with Gasteiger partial charge in [0.2, 0.25) is 0 Å². The van der Waals surface area contributed by atoms with Crippen molar-refractivity contribution in [2.75, 3.05) is 31.3 Å². The molecule has 1 atom stereocenters. The fourth-order valence-electron chi connectivity index (χ4n) is 1.95. The van der Waals surface area contributed by atoms with E-state index in [1.54, 1.807) is 6.07 Å². The molecule has 17 heavy (non-hydrogen) atoms. The molecule has 1 aliphatic heterocycles. The maximum Gasteiger partial charge on any atom is 0.126 e. The molecule has 4 nitrogen and oxygen atoms in total. The number of rotatable bonds is 2. The summed E-state index contributed by atoms with van der Waals surface area (Å²) in [5.74, 6) is -0.442. The van der Waals surface area contributed by atoms with Crippen molar-refractivity contribution in [1.29, 1.82) is 5.26 Å². The van der Waals surface area contributed by atoms with Crippen LogP contribution in [0.2, 0.25) is 0 Å². The van der Waals surface area contributed by atoms with Gasteiger partial charge in [0.1, 0.15) is 5.82 Å². The Hall–Kier alpha value is -1.64. The number of anilines is 1. The first kappa shape index (κ1) is 11.8. The number of hydrogen-bond donors (Lipinski definition) is 1. The number of ether oxygens (including phenoxy) is 1. The van der Waals surface area contributed by atoms with E-state index in [4.69, 9.17) is 10.00 Å². The zero-order valence-electron chi connectivity index (χ0n) is 9.27. The normalized spacial score (nSPS) is 20.1. The lowest BCUT2D eigenvalue weighted by Crippen LogP contribution is -2.47. The minimum Gasteiger partial charge on any atom is -0.394 e. The van der Waals surface area contributed by atoms with Gasteiger partial charge in [-0.15, -0.1) is 0 Å². The summed E-state index contributed by atoms with van der Waals surface area (Å²) in [5.41, 5.74) is 0.895. The van der Waals surface area contributed by atoms with Gasteiger partial charge in [0.05, 0.1) is 37.5 Å². The van der Waals surface area contributed by atoms with Crippen molar-refractivity contribution < 1.29 is 14.2 Å². The lowest BCUT2D eigenvalue weighted by Gasteiger charge is -2.36. The standard InChI is InChI=1S/C12H13FN2O2/c13-10-3-9(6-14)4-11(5-10)15-1-2-17-8-12(15)7-16/h3-5,12,16H,1-2,7-8H2. The molecule has 2 rings (SSSR count). The van der Waals surface area contributed by atoms with Crippen LogP contribution in [0.25, 0.3) is 0 Å². The van der Waals surface area contributed by atoms with Gasteiger partial charge in [-0.1, -0.05) is 0 Å². The fraction of sp³-hybridized carbons (Fsp3) is 0.417. The van der Waals surface area contributed by atoms with Crippen LogP contribution in [0, 0.1) is 17.1 Å². The molecule has 0 radical (unpaired) electrons. The van der Waals surface area contributed by atoms with Crippen molar-refractivity contribution in [1.82, 2.24) is 0 Å². The molecule has 1 unspecified atom stereocenters. The lowest BCUT2D eigenvalue weighted by molar-refractivity contribution is 0.0727. The zero-order chi connectivity index (χ0) is 12.3. The fourth-order valence-corrected chi connectivity index (χ4v) is 1.95. The van der Waals surface area contributed by atoms with Gasteiger partial charge in [0.25, 0.3) is 0 Å². The average Bonchev–Trinajstić information content (AvgIpc) is 2.37. The number of hydrogen-bond acceptors (Lipinski definition) is 4. The zero-order valence-corrected chi connectivity index (χ0v) is 9.27. The molecule has 0 aliphatic carbocycles. The predicted octanol–water partition coefficient (Wildman–Crippen LogP) is 0.895. The van der Waals surface area contributed by atoms with Crippen LogP contribution in [0.15, 0.2) is 18.2 Å². The Morgan fingerprint density at radius 3 is 3.06 bits per heavy atom. The Bertz CT molecular complexity index is 445. The van der Waals surface area contributed by atoms with Crippen LogP contribution >= 0.6 is 0 Å². The van der Waals surface area contributed by atoms with E-state index in [9.17, 15) is 9.50 Å². The van der Waals surface area contributed by atoms with Crippen molar-refractivity contribution in [2.45, 2.75) is 6.04 Å². The molecule has 0 aromatic heterocycles. The Morgan fingerprint density at radius 1 is 1.53 bits per heavy atom. The number of halogens is 1. The highest BCUT2D eigenvalue weighted by atomic mass is 19.1. The number of benzene rings is 1. The third-order valence-electron chi connectivity index (χ3n) is 2.78. The first-order valence-corrected chi connectivity index (χ1v) is 5.40. The van der Waals surface area contributed by atoms with E-state index in [-0.39, 0.29) is 18.2 Å². The van der Waals surface area contributed by atoms with Crippen LogP contribution in [0.1, 0.15) is 5.56 Å². The summed E-state index contributed by atoms with van der Waals surface area (Å²) in [5, 5.41) is 18.0. The number of morpholine rings is 1. The summed E-state index contributed by atoms with van der Waals surface area (Å²) in [4.78, 5) is 1.87. The molecule has 1 saturated heterocycles. The quantitative estimate of drug-likeness (QED) is 0.828. The molecular formula is C12H13FN2O2. The second-order valence-corrected chi connectivity index (χ2v) is 3.91. The van der Waals surface area contributed by atoms with E-state index in [2.05, 4.69) is 0 Å². The molecule has 1 aromatic carbocycles. The first-order chi connectivity index (χ1) is 8.24. The molecule has 0 saturated carbocycles. The minimum atomic E-state index is -0.442. The Kier molecular flexibility index (Phi) is 3.57. The Morgan fingerprint density at radius 2 is 2.35 bits per heavy atom. The van der Waals surface area contributed by atoms with Gasteiger partial charge < -0.3 is 14.7 Å². The predicted molar refractivity (Wildman–Crippen MR) is 60.2 cm³/mol. The summed E-state index contributed by atoms with van der Waals surface area (Å²) in [6, 6.07) is 5.92.